The maximum atomic E-state index is 13.2. The number of hydrogen-bond donors (Lipinski definition) is 2. The third-order valence-electron chi connectivity index (χ3n) is 13.5. The van der Waals surface area contributed by atoms with Gasteiger partial charge in [0, 0.05) is 11.0 Å². The Hall–Kier alpha value is -1.32. The molecule has 0 heterocycles. The zero-order valence-corrected chi connectivity index (χ0v) is 23.1. The first-order chi connectivity index (χ1) is 16.2. The van der Waals surface area contributed by atoms with Gasteiger partial charge in [0.25, 0.3) is 0 Å². The highest BCUT2D eigenvalue weighted by Gasteiger charge is 2.72. The Morgan fingerprint density at radius 2 is 1.60 bits per heavy atom. The summed E-state index contributed by atoms with van der Waals surface area (Å²) in [5, 5.41) is 20.6. The minimum Gasteiger partial charge on any atom is -0.515 e. The fourth-order valence-electron chi connectivity index (χ4n) is 11.7. The Balaban J connectivity index is 1.59. The van der Waals surface area contributed by atoms with Gasteiger partial charge in [0.2, 0.25) is 0 Å². The summed E-state index contributed by atoms with van der Waals surface area (Å²) < 4.78 is 0. The average Bonchev–Trinajstić information content (AvgIpc) is 3.18. The number of carbonyl (C=O) groups is 2. The van der Waals surface area contributed by atoms with Gasteiger partial charge in [-0.2, -0.15) is 0 Å². The number of Topliss-reactive ketones (excluding diaryl/α,β-unsaturated/α-hetero) is 1. The molecule has 0 bridgehead atoms. The topological polar surface area (TPSA) is 74.6 Å². The van der Waals surface area contributed by atoms with Crippen molar-refractivity contribution in [3.05, 3.63) is 11.8 Å². The lowest BCUT2D eigenvalue weighted by molar-refractivity contribution is -0.234. The predicted octanol–water partition coefficient (Wildman–Crippen LogP) is 7.43. The highest BCUT2D eigenvalue weighted by Crippen LogP contribution is 2.77. The molecule has 4 heteroatoms. The molecule has 5 fully saturated rings. The number of carboxylic acid groups (broad SMARTS) is 1. The van der Waals surface area contributed by atoms with Crippen LogP contribution in [0.2, 0.25) is 0 Å². The van der Waals surface area contributed by atoms with Gasteiger partial charge >= 0.3 is 5.97 Å². The highest BCUT2D eigenvalue weighted by molar-refractivity contribution is 6.00. The molecule has 5 saturated carbocycles. The molecule has 5 rings (SSSR count). The summed E-state index contributed by atoms with van der Waals surface area (Å²) in [7, 11) is 0. The van der Waals surface area contributed by atoms with Crippen molar-refractivity contribution in [3.8, 4) is 0 Å². The molecule has 0 spiro atoms. The normalized spacial score (nSPS) is 51.9. The first-order valence-corrected chi connectivity index (χ1v) is 14.3. The molecule has 0 aliphatic heterocycles. The average molecular weight is 485 g/mol. The fraction of sp³-hybridized carbons (Fsp3) is 0.871. The standard InChI is InChI=1S/C31H48O4/c1-18(2)20-10-13-31(26(34)35)15-14-29(6)21(24(20)31)8-9-23-28(5)16-19(17-32)25(33)27(3,4)22(28)11-12-30(23,29)7/h17-18,20-24,32H,8-16H2,1-7H3,(H,34,35)/b19-17-/t20-,21+,22-,23+,24+,28-,29+,30+,31-/m0/s1. The van der Waals surface area contributed by atoms with E-state index in [2.05, 4.69) is 48.5 Å². The summed E-state index contributed by atoms with van der Waals surface area (Å²) in [5.74, 6) is 2.13. The molecule has 9 atom stereocenters. The molecule has 0 unspecified atom stereocenters. The van der Waals surface area contributed by atoms with Crippen LogP contribution in [-0.4, -0.2) is 22.0 Å². The van der Waals surface area contributed by atoms with E-state index in [1.165, 1.54) is 0 Å². The monoisotopic (exact) mass is 484 g/mol. The van der Waals surface area contributed by atoms with Gasteiger partial charge in [0.15, 0.2) is 5.78 Å². The second kappa shape index (κ2) is 7.60. The van der Waals surface area contributed by atoms with Crippen LogP contribution < -0.4 is 0 Å². The Bertz CT molecular complexity index is 963. The van der Waals surface area contributed by atoms with Crippen molar-refractivity contribution >= 4 is 11.8 Å². The number of fused-ring (bicyclic) bond motifs is 7. The SMILES string of the molecule is CC(C)[C@@H]1CC[C@]2(C(=O)O)CC[C@]3(C)[C@H](CC[C@@H]4[C@@]5(C)C/C(=C/O)C(=O)C(C)(C)[C@@H]5CC[C@]43C)[C@@H]12. The van der Waals surface area contributed by atoms with Crippen molar-refractivity contribution in [1.82, 2.24) is 0 Å². The Morgan fingerprint density at radius 3 is 2.20 bits per heavy atom. The molecule has 0 aromatic carbocycles. The Labute approximate surface area is 212 Å². The molecule has 2 N–H and O–H groups in total. The first kappa shape index (κ1) is 25.3. The Morgan fingerprint density at radius 1 is 0.914 bits per heavy atom. The van der Waals surface area contributed by atoms with Crippen LogP contribution in [0.4, 0.5) is 0 Å². The molecule has 35 heavy (non-hydrogen) atoms. The maximum Gasteiger partial charge on any atom is 0.309 e. The van der Waals surface area contributed by atoms with Crippen molar-refractivity contribution in [3.63, 3.8) is 0 Å². The Kier molecular flexibility index (Phi) is 5.50. The largest absolute Gasteiger partial charge is 0.515 e. The lowest BCUT2D eigenvalue weighted by Crippen LogP contribution is -2.67. The van der Waals surface area contributed by atoms with E-state index < -0.39 is 16.8 Å². The van der Waals surface area contributed by atoms with Crippen LogP contribution in [0, 0.1) is 62.6 Å². The molecule has 196 valence electrons. The van der Waals surface area contributed by atoms with E-state index in [0.717, 1.165) is 57.6 Å². The van der Waals surface area contributed by atoms with Crippen molar-refractivity contribution in [2.45, 2.75) is 106 Å². The zero-order chi connectivity index (χ0) is 25.8. The molecule has 0 radical (unpaired) electrons. The van der Waals surface area contributed by atoms with Crippen LogP contribution in [0.1, 0.15) is 106 Å². The van der Waals surface area contributed by atoms with E-state index in [0.29, 0.717) is 41.6 Å². The molecule has 0 aromatic rings. The summed E-state index contributed by atoms with van der Waals surface area (Å²) in [6.45, 7) is 16.3. The molecule has 4 nitrogen and oxygen atoms in total. The van der Waals surface area contributed by atoms with E-state index in [4.69, 9.17) is 0 Å². The number of ketones is 1. The van der Waals surface area contributed by atoms with E-state index in [-0.39, 0.29) is 27.9 Å². The third-order valence-corrected chi connectivity index (χ3v) is 13.5. The summed E-state index contributed by atoms with van der Waals surface area (Å²) in [6.07, 6.45) is 9.89. The van der Waals surface area contributed by atoms with Crippen molar-refractivity contribution in [1.29, 1.82) is 0 Å². The minimum atomic E-state index is -0.541. The number of aliphatic carboxylic acids is 1. The third kappa shape index (κ3) is 2.92. The summed E-state index contributed by atoms with van der Waals surface area (Å²) in [5.41, 5.74) is -0.182. The molecule has 5 aliphatic carbocycles. The molecule has 5 aliphatic rings. The smallest absolute Gasteiger partial charge is 0.309 e. The summed E-state index contributed by atoms with van der Waals surface area (Å²) in [6, 6.07) is 0. The van der Waals surface area contributed by atoms with Gasteiger partial charge in [-0.1, -0.05) is 48.5 Å². The molecular formula is C31H48O4. The number of aliphatic hydroxyl groups excluding tert-OH is 1. The second-order valence-corrected chi connectivity index (χ2v) is 15.0. The molecule has 0 amide bonds. The zero-order valence-electron chi connectivity index (χ0n) is 23.1. The van der Waals surface area contributed by atoms with Crippen molar-refractivity contribution < 1.29 is 19.8 Å². The number of hydrogen-bond acceptors (Lipinski definition) is 3. The van der Waals surface area contributed by atoms with Crippen LogP contribution >= 0.6 is 0 Å². The van der Waals surface area contributed by atoms with Crippen molar-refractivity contribution in [2.75, 3.05) is 0 Å². The number of carboxylic acids is 1. The van der Waals surface area contributed by atoms with Gasteiger partial charge in [-0.15, -0.1) is 0 Å². The number of aliphatic hydroxyl groups is 1. The van der Waals surface area contributed by atoms with Gasteiger partial charge in [-0.25, -0.2) is 0 Å². The maximum absolute atomic E-state index is 13.2. The van der Waals surface area contributed by atoms with E-state index in [1.807, 2.05) is 0 Å². The van der Waals surface area contributed by atoms with E-state index >= 15 is 0 Å². The number of carbonyl (C=O) groups excluding carboxylic acids is 1. The van der Waals surface area contributed by atoms with E-state index in [9.17, 15) is 19.8 Å². The minimum absolute atomic E-state index is 0.0264. The van der Waals surface area contributed by atoms with Crippen LogP contribution in [0.25, 0.3) is 0 Å². The molecule has 0 saturated heterocycles. The lowest BCUT2D eigenvalue weighted by atomic mass is 9.32. The van der Waals surface area contributed by atoms with Crippen LogP contribution in [0.5, 0.6) is 0 Å². The van der Waals surface area contributed by atoms with Crippen LogP contribution in [0.3, 0.4) is 0 Å². The van der Waals surface area contributed by atoms with Crippen LogP contribution in [0.15, 0.2) is 11.8 Å². The quantitative estimate of drug-likeness (QED) is 0.316. The van der Waals surface area contributed by atoms with Gasteiger partial charge in [0.05, 0.1) is 11.7 Å². The van der Waals surface area contributed by atoms with Gasteiger partial charge in [-0.3, -0.25) is 9.59 Å². The van der Waals surface area contributed by atoms with Gasteiger partial charge in [-0.05, 0) is 110 Å². The van der Waals surface area contributed by atoms with Gasteiger partial charge < -0.3 is 10.2 Å². The molecule has 0 aromatic heterocycles. The van der Waals surface area contributed by atoms with Gasteiger partial charge in [0.1, 0.15) is 0 Å². The van der Waals surface area contributed by atoms with Crippen LogP contribution in [-0.2, 0) is 9.59 Å². The second-order valence-electron chi connectivity index (χ2n) is 15.0. The number of rotatable bonds is 2. The predicted molar refractivity (Wildman–Crippen MR) is 138 cm³/mol. The summed E-state index contributed by atoms with van der Waals surface area (Å²) >= 11 is 0. The lowest BCUT2D eigenvalue weighted by Gasteiger charge is -2.72. The first-order valence-electron chi connectivity index (χ1n) is 14.3. The van der Waals surface area contributed by atoms with Crippen molar-refractivity contribution in [2.24, 2.45) is 62.6 Å². The molecular weight excluding hydrogens is 436 g/mol. The van der Waals surface area contributed by atoms with E-state index in [1.54, 1.807) is 0 Å². The fourth-order valence-corrected chi connectivity index (χ4v) is 11.7. The summed E-state index contributed by atoms with van der Waals surface area (Å²) in [4.78, 5) is 26.1. The highest BCUT2D eigenvalue weighted by atomic mass is 16.4. The number of allylic oxidation sites excluding steroid dienone is 1.